The number of hydrogen-bond acceptors (Lipinski definition) is 2. The zero-order valence-corrected chi connectivity index (χ0v) is 12.2. The Kier molecular flexibility index (Phi) is 4.02. The maximum Gasteiger partial charge on any atom is 0.393 e. The van der Waals surface area contributed by atoms with Crippen LogP contribution in [-0.4, -0.2) is 36.7 Å². The number of carbonyl (C=O) groups is 1. The van der Waals surface area contributed by atoms with Crippen LogP contribution in [0.4, 0.5) is 13.2 Å². The van der Waals surface area contributed by atoms with Gasteiger partial charge in [0.1, 0.15) is 5.75 Å². The van der Waals surface area contributed by atoms with Crippen LogP contribution in [0.1, 0.15) is 24.0 Å². The van der Waals surface area contributed by atoms with Crippen LogP contribution in [-0.2, 0) is 17.6 Å². The molecule has 0 saturated carbocycles. The molecule has 0 spiro atoms. The number of hydrogen-bond donors (Lipinski definition) is 0. The number of aryl methyl sites for hydroxylation is 1. The van der Waals surface area contributed by atoms with E-state index in [0.29, 0.717) is 13.0 Å². The fraction of sp³-hybridized carbons (Fsp3) is 0.562. The Morgan fingerprint density at radius 3 is 2.91 bits per heavy atom. The number of fused-ring (bicyclic) bond motifs is 1. The quantitative estimate of drug-likeness (QED) is 0.858. The van der Waals surface area contributed by atoms with Crippen molar-refractivity contribution in [3.63, 3.8) is 0 Å². The smallest absolute Gasteiger partial charge is 0.393 e. The first kappa shape index (κ1) is 15.2. The summed E-state index contributed by atoms with van der Waals surface area (Å²) in [4.78, 5) is 13.4. The summed E-state index contributed by atoms with van der Waals surface area (Å²) in [7, 11) is 0. The molecular weight excluding hydrogens is 295 g/mol. The number of nitrogens with zero attached hydrogens (tertiary/aromatic N) is 1. The van der Waals surface area contributed by atoms with Crippen LogP contribution in [0.2, 0.25) is 0 Å². The largest absolute Gasteiger partial charge is 0.493 e. The van der Waals surface area contributed by atoms with Crippen molar-refractivity contribution in [2.24, 2.45) is 5.92 Å². The minimum absolute atomic E-state index is 0.0193. The molecule has 1 fully saturated rings. The van der Waals surface area contributed by atoms with Crippen molar-refractivity contribution in [2.45, 2.75) is 31.9 Å². The highest BCUT2D eigenvalue weighted by Gasteiger charge is 2.44. The van der Waals surface area contributed by atoms with Crippen LogP contribution in [0, 0.1) is 5.92 Å². The highest BCUT2D eigenvalue weighted by molar-refractivity contribution is 5.76. The molecule has 0 aromatic heterocycles. The number of carbonyl (C=O) groups excluding carboxylic acids is 1. The number of halogens is 3. The molecule has 0 bridgehead atoms. The predicted molar refractivity (Wildman–Crippen MR) is 74.7 cm³/mol. The maximum absolute atomic E-state index is 12.6. The van der Waals surface area contributed by atoms with Crippen molar-refractivity contribution in [2.75, 3.05) is 19.7 Å². The summed E-state index contributed by atoms with van der Waals surface area (Å²) in [6.45, 7) is 0.700. The van der Waals surface area contributed by atoms with Crippen LogP contribution >= 0.6 is 0 Å². The van der Waals surface area contributed by atoms with Crippen LogP contribution in [0.25, 0.3) is 0 Å². The predicted octanol–water partition coefficient (Wildman–Crippen LogP) is 2.96. The van der Waals surface area contributed by atoms with E-state index in [0.717, 1.165) is 23.3 Å². The molecule has 1 amide bonds. The Balaban J connectivity index is 1.53. The molecule has 2 heterocycles. The van der Waals surface area contributed by atoms with Gasteiger partial charge in [0.15, 0.2) is 0 Å². The lowest BCUT2D eigenvalue weighted by Crippen LogP contribution is -2.32. The molecule has 1 aromatic carbocycles. The summed E-state index contributed by atoms with van der Waals surface area (Å²) >= 11 is 0. The molecule has 2 aliphatic rings. The molecule has 6 heteroatoms. The number of alkyl halides is 3. The Hall–Kier alpha value is -1.72. The normalized spacial score (nSPS) is 20.9. The second-order valence-electron chi connectivity index (χ2n) is 5.91. The third-order valence-electron chi connectivity index (χ3n) is 4.39. The zero-order valence-electron chi connectivity index (χ0n) is 12.2. The fourth-order valence-electron chi connectivity index (χ4n) is 3.06. The Labute approximate surface area is 127 Å². The van der Waals surface area contributed by atoms with Crippen molar-refractivity contribution in [1.82, 2.24) is 4.90 Å². The van der Waals surface area contributed by atoms with Gasteiger partial charge in [-0.05, 0) is 30.0 Å². The monoisotopic (exact) mass is 313 g/mol. The van der Waals surface area contributed by atoms with Crippen molar-refractivity contribution in [1.29, 1.82) is 0 Å². The van der Waals surface area contributed by atoms with E-state index >= 15 is 0 Å². The third kappa shape index (κ3) is 3.20. The molecule has 0 aliphatic carbocycles. The average Bonchev–Trinajstić information content (AvgIpc) is 3.12. The molecule has 1 aromatic rings. The number of amides is 1. The minimum atomic E-state index is -4.20. The van der Waals surface area contributed by atoms with Crippen LogP contribution in [0.5, 0.6) is 5.75 Å². The molecule has 120 valence electrons. The van der Waals surface area contributed by atoms with Gasteiger partial charge in [-0.3, -0.25) is 4.79 Å². The Morgan fingerprint density at radius 2 is 2.18 bits per heavy atom. The second kappa shape index (κ2) is 5.82. The molecule has 0 unspecified atom stereocenters. The van der Waals surface area contributed by atoms with E-state index in [1.54, 1.807) is 0 Å². The maximum atomic E-state index is 12.6. The number of rotatable bonds is 3. The van der Waals surface area contributed by atoms with Gasteiger partial charge in [-0.25, -0.2) is 0 Å². The van der Waals surface area contributed by atoms with Crippen molar-refractivity contribution < 1.29 is 22.7 Å². The van der Waals surface area contributed by atoms with E-state index < -0.39 is 12.1 Å². The lowest BCUT2D eigenvalue weighted by atomic mass is 10.0. The third-order valence-corrected chi connectivity index (χ3v) is 4.39. The molecule has 0 radical (unpaired) electrons. The van der Waals surface area contributed by atoms with E-state index in [1.807, 2.05) is 18.2 Å². The van der Waals surface area contributed by atoms with Gasteiger partial charge in [-0.1, -0.05) is 12.1 Å². The summed E-state index contributed by atoms with van der Waals surface area (Å²) in [5.74, 6) is -0.667. The SMILES string of the molecule is O=C(CCc1ccc2c(c1)CCO2)N1CC[C@@H](C(F)(F)F)C1. The van der Waals surface area contributed by atoms with Crippen LogP contribution in [0.15, 0.2) is 18.2 Å². The summed E-state index contributed by atoms with van der Waals surface area (Å²) in [5.41, 5.74) is 2.17. The molecule has 2 aliphatic heterocycles. The van der Waals surface area contributed by atoms with Gasteiger partial charge in [0.05, 0.1) is 12.5 Å². The lowest BCUT2D eigenvalue weighted by molar-refractivity contribution is -0.171. The first-order valence-electron chi connectivity index (χ1n) is 7.52. The van der Waals surface area contributed by atoms with Gasteiger partial charge < -0.3 is 9.64 Å². The first-order chi connectivity index (χ1) is 10.4. The van der Waals surface area contributed by atoms with Crippen molar-refractivity contribution in [3.05, 3.63) is 29.3 Å². The van der Waals surface area contributed by atoms with E-state index in [1.165, 1.54) is 4.90 Å². The number of ether oxygens (including phenoxy) is 1. The molecule has 0 N–H and O–H groups in total. The second-order valence-corrected chi connectivity index (χ2v) is 5.91. The Bertz CT molecular complexity index is 571. The van der Waals surface area contributed by atoms with Gasteiger partial charge in [0.25, 0.3) is 0 Å². The molecule has 3 rings (SSSR count). The lowest BCUT2D eigenvalue weighted by Gasteiger charge is -2.18. The summed E-state index contributed by atoms with van der Waals surface area (Å²) in [6, 6.07) is 5.84. The fourth-order valence-corrected chi connectivity index (χ4v) is 3.06. The minimum Gasteiger partial charge on any atom is -0.493 e. The van der Waals surface area contributed by atoms with Gasteiger partial charge in [-0.2, -0.15) is 13.2 Å². The topological polar surface area (TPSA) is 29.5 Å². The molecule has 3 nitrogen and oxygen atoms in total. The van der Waals surface area contributed by atoms with Crippen molar-refractivity contribution >= 4 is 5.91 Å². The van der Waals surface area contributed by atoms with Gasteiger partial charge >= 0.3 is 6.18 Å². The highest BCUT2D eigenvalue weighted by Crippen LogP contribution is 2.33. The standard InChI is InChI=1S/C16H18F3NO2/c17-16(18,19)13-5-7-20(10-13)15(21)4-2-11-1-3-14-12(9-11)6-8-22-14/h1,3,9,13H,2,4-8,10H2/t13-/m1/s1. The molecule has 1 atom stereocenters. The van der Waals surface area contributed by atoms with Crippen molar-refractivity contribution in [3.8, 4) is 5.75 Å². The highest BCUT2D eigenvalue weighted by atomic mass is 19.4. The van der Waals surface area contributed by atoms with Crippen LogP contribution < -0.4 is 4.74 Å². The molecule has 22 heavy (non-hydrogen) atoms. The van der Waals surface area contributed by atoms with E-state index in [2.05, 4.69) is 0 Å². The molecule has 1 saturated heterocycles. The summed E-state index contributed by atoms with van der Waals surface area (Å²) in [5, 5.41) is 0. The van der Waals surface area contributed by atoms with E-state index in [9.17, 15) is 18.0 Å². The molecular formula is C16H18F3NO2. The first-order valence-corrected chi connectivity index (χ1v) is 7.52. The van der Waals surface area contributed by atoms with Gasteiger partial charge in [-0.15, -0.1) is 0 Å². The average molecular weight is 313 g/mol. The van der Waals surface area contributed by atoms with Gasteiger partial charge in [0, 0.05) is 25.9 Å². The van der Waals surface area contributed by atoms with E-state index in [-0.39, 0.29) is 31.8 Å². The Morgan fingerprint density at radius 1 is 1.36 bits per heavy atom. The summed E-state index contributed by atoms with van der Waals surface area (Å²) < 4.78 is 43.3. The number of likely N-dealkylation sites (tertiary alicyclic amines) is 1. The number of benzene rings is 1. The van der Waals surface area contributed by atoms with Gasteiger partial charge in [0.2, 0.25) is 5.91 Å². The zero-order chi connectivity index (χ0) is 15.7. The summed E-state index contributed by atoms with van der Waals surface area (Å²) in [6.07, 6.45) is -2.50. The van der Waals surface area contributed by atoms with Crippen LogP contribution in [0.3, 0.4) is 0 Å². The van der Waals surface area contributed by atoms with E-state index in [4.69, 9.17) is 4.74 Å².